The quantitative estimate of drug-likeness (QED) is 0.756. The zero-order chi connectivity index (χ0) is 14.5. The van der Waals surface area contributed by atoms with E-state index >= 15 is 0 Å². The molecule has 1 aromatic heterocycles. The Hall–Kier alpha value is -1.82. The van der Waals surface area contributed by atoms with Gasteiger partial charge in [0, 0.05) is 0 Å². The van der Waals surface area contributed by atoms with E-state index in [2.05, 4.69) is 5.32 Å². The lowest BCUT2D eigenvalue weighted by Crippen LogP contribution is -2.52. The number of hydrogen-bond donors (Lipinski definition) is 2. The lowest BCUT2D eigenvalue weighted by Gasteiger charge is -2.27. The highest BCUT2D eigenvalue weighted by Crippen LogP contribution is 2.16. The fraction of sp³-hybridized carbons (Fsp3) is 0.538. The highest BCUT2D eigenvalue weighted by molar-refractivity contribution is 5.97. The van der Waals surface area contributed by atoms with Gasteiger partial charge in [0.25, 0.3) is 5.91 Å². The summed E-state index contributed by atoms with van der Waals surface area (Å²) in [4.78, 5) is 23.8. The number of nitrogens with two attached hydrogens (primary N) is 1. The third kappa shape index (κ3) is 3.57. The van der Waals surface area contributed by atoms with Gasteiger partial charge >= 0.3 is 5.97 Å². The first-order chi connectivity index (χ1) is 8.96. The molecule has 106 valence electrons. The Morgan fingerprint density at radius 3 is 2.68 bits per heavy atom. The van der Waals surface area contributed by atoms with Crippen molar-refractivity contribution < 1.29 is 18.7 Å². The number of carbonyl (C=O) groups is 2. The number of ether oxygens (including phenoxy) is 1. The minimum Gasteiger partial charge on any atom is -0.467 e. The van der Waals surface area contributed by atoms with Crippen LogP contribution in [0.4, 0.5) is 0 Å². The first-order valence-corrected chi connectivity index (χ1v) is 6.15. The van der Waals surface area contributed by atoms with Crippen molar-refractivity contribution in [3.8, 4) is 0 Å². The van der Waals surface area contributed by atoms with Gasteiger partial charge in [-0.3, -0.25) is 4.79 Å². The topological polar surface area (TPSA) is 94.6 Å². The Bertz CT molecular complexity index is 455. The number of rotatable bonds is 6. The Labute approximate surface area is 112 Å². The summed E-state index contributed by atoms with van der Waals surface area (Å²) in [6.07, 6.45) is 2.56. The van der Waals surface area contributed by atoms with Crippen LogP contribution < -0.4 is 11.1 Å². The van der Waals surface area contributed by atoms with E-state index in [0.29, 0.717) is 17.7 Å². The number of furan rings is 1. The molecule has 0 aromatic carbocycles. The van der Waals surface area contributed by atoms with Crippen molar-refractivity contribution >= 4 is 11.9 Å². The lowest BCUT2D eigenvalue weighted by molar-refractivity contribution is -0.147. The van der Waals surface area contributed by atoms with E-state index in [4.69, 9.17) is 14.9 Å². The van der Waals surface area contributed by atoms with Crippen molar-refractivity contribution in [2.45, 2.75) is 38.8 Å². The molecule has 19 heavy (non-hydrogen) atoms. The van der Waals surface area contributed by atoms with Crippen LogP contribution in [-0.2, 0) is 16.1 Å². The fourth-order valence-electron chi connectivity index (χ4n) is 1.87. The molecule has 3 N–H and O–H groups in total. The van der Waals surface area contributed by atoms with E-state index < -0.39 is 11.5 Å². The molecule has 0 saturated heterocycles. The van der Waals surface area contributed by atoms with Crippen LogP contribution in [0.1, 0.15) is 42.8 Å². The molecular weight excluding hydrogens is 248 g/mol. The molecule has 0 fully saturated rings. The normalized spacial score (nSPS) is 13.7. The van der Waals surface area contributed by atoms with Crippen LogP contribution in [0, 0.1) is 0 Å². The van der Waals surface area contributed by atoms with E-state index in [1.165, 1.54) is 13.4 Å². The molecule has 6 heteroatoms. The van der Waals surface area contributed by atoms with Crippen molar-refractivity contribution in [1.82, 2.24) is 5.32 Å². The minimum absolute atomic E-state index is 0.219. The molecule has 0 aliphatic carbocycles. The van der Waals surface area contributed by atoms with Gasteiger partial charge in [0.05, 0.1) is 19.2 Å². The maximum atomic E-state index is 12.1. The summed E-state index contributed by atoms with van der Waals surface area (Å²) < 4.78 is 9.83. The number of amides is 1. The number of carbonyl (C=O) groups excluding carboxylic acids is 2. The maximum absolute atomic E-state index is 12.1. The van der Waals surface area contributed by atoms with Gasteiger partial charge < -0.3 is 20.2 Å². The van der Waals surface area contributed by atoms with Crippen molar-refractivity contribution in [2.75, 3.05) is 7.11 Å². The van der Waals surface area contributed by atoms with Gasteiger partial charge in [-0.1, -0.05) is 13.3 Å². The second-order valence-electron chi connectivity index (χ2n) is 4.53. The van der Waals surface area contributed by atoms with Crippen molar-refractivity contribution in [3.05, 3.63) is 23.7 Å². The van der Waals surface area contributed by atoms with Crippen LogP contribution in [0.5, 0.6) is 0 Å². The minimum atomic E-state index is -1.04. The number of methoxy groups -OCH3 is 1. The van der Waals surface area contributed by atoms with Crippen molar-refractivity contribution in [2.24, 2.45) is 5.73 Å². The highest BCUT2D eigenvalue weighted by atomic mass is 16.5. The molecule has 1 amide bonds. The van der Waals surface area contributed by atoms with Crippen LogP contribution >= 0.6 is 0 Å². The van der Waals surface area contributed by atoms with E-state index in [9.17, 15) is 9.59 Å². The molecule has 1 unspecified atom stereocenters. The van der Waals surface area contributed by atoms with Crippen molar-refractivity contribution in [1.29, 1.82) is 0 Å². The largest absolute Gasteiger partial charge is 0.467 e. The molecule has 0 bridgehead atoms. The molecule has 0 radical (unpaired) electrons. The number of hydrogen-bond acceptors (Lipinski definition) is 5. The van der Waals surface area contributed by atoms with E-state index in [1.807, 2.05) is 6.92 Å². The van der Waals surface area contributed by atoms with Gasteiger partial charge in [-0.05, 0) is 19.4 Å². The summed E-state index contributed by atoms with van der Waals surface area (Å²) in [5.41, 5.74) is 4.71. The Kier molecular flexibility index (Phi) is 5.11. The van der Waals surface area contributed by atoms with Crippen LogP contribution in [0.3, 0.4) is 0 Å². The van der Waals surface area contributed by atoms with Crippen molar-refractivity contribution in [3.63, 3.8) is 0 Å². The summed E-state index contributed by atoms with van der Waals surface area (Å²) in [5.74, 6) is -0.338. The zero-order valence-electron chi connectivity index (χ0n) is 11.5. The molecule has 0 aliphatic rings. The van der Waals surface area contributed by atoms with Gasteiger partial charge in [-0.15, -0.1) is 0 Å². The van der Waals surface area contributed by atoms with E-state index in [0.717, 1.165) is 6.42 Å². The second kappa shape index (κ2) is 6.38. The Morgan fingerprint density at radius 1 is 1.53 bits per heavy atom. The second-order valence-corrected chi connectivity index (χ2v) is 4.53. The molecule has 6 nitrogen and oxygen atoms in total. The average Bonchev–Trinajstić information content (AvgIpc) is 2.86. The predicted octanol–water partition coefficient (Wildman–Crippen LogP) is 1.20. The fourth-order valence-corrected chi connectivity index (χ4v) is 1.87. The van der Waals surface area contributed by atoms with Crippen LogP contribution in [-0.4, -0.2) is 24.5 Å². The van der Waals surface area contributed by atoms with Gasteiger partial charge in [0.2, 0.25) is 0 Å². The summed E-state index contributed by atoms with van der Waals surface area (Å²) in [6, 6.07) is 1.55. The van der Waals surface area contributed by atoms with Crippen LogP contribution in [0.2, 0.25) is 0 Å². The molecule has 0 aliphatic heterocycles. The van der Waals surface area contributed by atoms with Gasteiger partial charge in [-0.2, -0.15) is 0 Å². The Morgan fingerprint density at radius 2 is 2.21 bits per heavy atom. The molecule has 0 saturated carbocycles. The monoisotopic (exact) mass is 268 g/mol. The first kappa shape index (κ1) is 15.2. The van der Waals surface area contributed by atoms with Crippen LogP contribution in [0.15, 0.2) is 16.7 Å². The summed E-state index contributed by atoms with van der Waals surface area (Å²) in [6.45, 7) is 3.79. The van der Waals surface area contributed by atoms with Gasteiger partial charge in [0.15, 0.2) is 0 Å². The van der Waals surface area contributed by atoms with Crippen LogP contribution in [0.25, 0.3) is 0 Å². The molecule has 1 rings (SSSR count). The SMILES string of the molecule is CCCC(C)(NC(=O)c1coc(CN)c1)C(=O)OC. The summed E-state index contributed by atoms with van der Waals surface area (Å²) in [7, 11) is 1.30. The standard InChI is InChI=1S/C13H20N2O4/c1-4-5-13(2,12(17)18-3)15-11(16)9-6-10(7-14)19-8-9/h6,8H,4-5,7,14H2,1-3H3,(H,15,16). The molecular formula is C13H20N2O4. The lowest BCUT2D eigenvalue weighted by atomic mass is 9.96. The molecule has 0 spiro atoms. The average molecular weight is 268 g/mol. The zero-order valence-corrected chi connectivity index (χ0v) is 11.5. The van der Waals surface area contributed by atoms with E-state index in [1.54, 1.807) is 13.0 Å². The third-order valence-electron chi connectivity index (χ3n) is 2.89. The highest BCUT2D eigenvalue weighted by Gasteiger charge is 2.35. The number of nitrogens with one attached hydrogen (secondary N) is 1. The summed E-state index contributed by atoms with van der Waals surface area (Å²) in [5, 5.41) is 2.68. The van der Waals surface area contributed by atoms with E-state index in [-0.39, 0.29) is 12.5 Å². The molecule has 1 atom stereocenters. The Balaban J connectivity index is 2.84. The van der Waals surface area contributed by atoms with Gasteiger partial charge in [-0.25, -0.2) is 4.79 Å². The molecule has 1 aromatic rings. The number of esters is 1. The molecule has 1 heterocycles. The third-order valence-corrected chi connectivity index (χ3v) is 2.89. The first-order valence-electron chi connectivity index (χ1n) is 6.15. The summed E-state index contributed by atoms with van der Waals surface area (Å²) >= 11 is 0. The smallest absolute Gasteiger partial charge is 0.331 e. The van der Waals surface area contributed by atoms with Gasteiger partial charge in [0.1, 0.15) is 17.6 Å². The maximum Gasteiger partial charge on any atom is 0.331 e. The predicted molar refractivity (Wildman–Crippen MR) is 69.4 cm³/mol.